The van der Waals surface area contributed by atoms with Crippen molar-refractivity contribution < 1.29 is 4.79 Å². The maximum Gasteiger partial charge on any atom is 0.257 e. The number of nitrogens with zero attached hydrogens (tertiary/aromatic N) is 3. The summed E-state index contributed by atoms with van der Waals surface area (Å²) in [5.74, 6) is 0.254. The molecule has 0 spiro atoms. The molecule has 1 unspecified atom stereocenters. The Hall–Kier alpha value is -1.85. The van der Waals surface area contributed by atoms with E-state index in [1.165, 1.54) is 5.56 Å². The summed E-state index contributed by atoms with van der Waals surface area (Å²) in [6.45, 7) is 11.9. The summed E-state index contributed by atoms with van der Waals surface area (Å²) in [6.07, 6.45) is 2.56. The van der Waals surface area contributed by atoms with Gasteiger partial charge in [0, 0.05) is 19.1 Å². The van der Waals surface area contributed by atoms with Gasteiger partial charge in [-0.05, 0) is 36.8 Å². The summed E-state index contributed by atoms with van der Waals surface area (Å²) in [4.78, 5) is 15.2. The largest absolute Gasteiger partial charge is 0.338 e. The quantitative estimate of drug-likeness (QED) is 0.863. The van der Waals surface area contributed by atoms with Crippen LogP contribution < -0.4 is 5.73 Å². The molecule has 1 atom stereocenters. The molecule has 2 heterocycles. The van der Waals surface area contributed by atoms with E-state index in [1.807, 2.05) is 21.7 Å². The number of carbonyl (C=O) groups excluding carboxylic acids is 1. The molecule has 1 aromatic carbocycles. The van der Waals surface area contributed by atoms with Crippen LogP contribution in [0.15, 0.2) is 30.5 Å². The second-order valence-electron chi connectivity index (χ2n) is 8.46. The Kier molecular flexibility index (Phi) is 6.38. The molecule has 1 amide bonds. The average Bonchev–Trinajstić information content (AvgIpc) is 3.02. The predicted molar refractivity (Wildman–Crippen MR) is 112 cm³/mol. The first-order chi connectivity index (χ1) is 12.2. The molecular weight excluding hydrogens is 360 g/mol. The molecule has 1 aliphatic rings. The van der Waals surface area contributed by atoms with Gasteiger partial charge in [-0.1, -0.05) is 45.4 Å². The van der Waals surface area contributed by atoms with Gasteiger partial charge in [0.1, 0.15) is 0 Å². The average molecular weight is 391 g/mol. The normalized spacial score (nSPS) is 19.1. The summed E-state index contributed by atoms with van der Waals surface area (Å²) in [7, 11) is 0. The Labute approximate surface area is 168 Å². The van der Waals surface area contributed by atoms with E-state index in [-0.39, 0.29) is 35.7 Å². The van der Waals surface area contributed by atoms with E-state index in [4.69, 9.17) is 5.73 Å². The molecule has 148 valence electrons. The third-order valence-electron chi connectivity index (χ3n) is 5.46. The van der Waals surface area contributed by atoms with E-state index < -0.39 is 0 Å². The van der Waals surface area contributed by atoms with E-state index in [2.05, 4.69) is 51.9 Å². The molecule has 0 bridgehead atoms. The Morgan fingerprint density at radius 2 is 1.89 bits per heavy atom. The molecule has 3 rings (SSSR count). The molecule has 5 nitrogen and oxygen atoms in total. The Bertz CT molecular complexity index is 795. The van der Waals surface area contributed by atoms with Crippen molar-refractivity contribution in [2.24, 2.45) is 11.1 Å². The molecule has 1 fully saturated rings. The molecule has 2 N–H and O–H groups in total. The Balaban J connectivity index is 0.00000261. The van der Waals surface area contributed by atoms with E-state index in [1.54, 1.807) is 6.20 Å². The van der Waals surface area contributed by atoms with Crippen molar-refractivity contribution >= 4 is 18.3 Å². The van der Waals surface area contributed by atoms with Crippen LogP contribution in [0.5, 0.6) is 0 Å². The van der Waals surface area contributed by atoms with Crippen LogP contribution in [0.4, 0.5) is 0 Å². The number of hydrogen-bond donors (Lipinski definition) is 1. The van der Waals surface area contributed by atoms with Gasteiger partial charge in [0.2, 0.25) is 0 Å². The van der Waals surface area contributed by atoms with Crippen molar-refractivity contribution in [3.63, 3.8) is 0 Å². The number of amides is 1. The van der Waals surface area contributed by atoms with E-state index in [9.17, 15) is 4.79 Å². The third kappa shape index (κ3) is 4.19. The van der Waals surface area contributed by atoms with Crippen LogP contribution in [0.3, 0.4) is 0 Å². The summed E-state index contributed by atoms with van der Waals surface area (Å²) < 4.78 is 1.90. The van der Waals surface area contributed by atoms with Gasteiger partial charge in [0.15, 0.2) is 0 Å². The lowest BCUT2D eigenvalue weighted by Crippen LogP contribution is -2.54. The number of nitrogens with two attached hydrogens (primary N) is 1. The lowest BCUT2D eigenvalue weighted by atomic mass is 9.79. The molecule has 1 saturated heterocycles. The summed E-state index contributed by atoms with van der Waals surface area (Å²) in [6, 6.07) is 8.36. The number of piperidine rings is 1. The van der Waals surface area contributed by atoms with Gasteiger partial charge in [-0.2, -0.15) is 5.10 Å². The summed E-state index contributed by atoms with van der Waals surface area (Å²) in [5, 5.41) is 4.55. The van der Waals surface area contributed by atoms with Gasteiger partial charge >= 0.3 is 0 Å². The lowest BCUT2D eigenvalue weighted by molar-refractivity contribution is 0.0531. The SMILES string of the molecule is Cc1ccc(-n2ncc(C(=O)N3CCC(N)C(C)(C)C3)c2C(C)C)cc1.Cl. The number of halogens is 1. The standard InChI is InChI=1S/C21H30N4O.ClH/c1-14(2)19-17(12-23-25(19)16-8-6-15(3)7-9-16)20(26)24-11-10-18(22)21(4,5)13-24;/h6-9,12,14,18H,10-11,13,22H2,1-5H3;1H. The van der Waals surface area contributed by atoms with Gasteiger partial charge in [0.05, 0.1) is 23.1 Å². The fraction of sp³-hybridized carbons (Fsp3) is 0.524. The third-order valence-corrected chi connectivity index (χ3v) is 5.46. The lowest BCUT2D eigenvalue weighted by Gasteiger charge is -2.42. The van der Waals surface area contributed by atoms with Crippen LogP contribution >= 0.6 is 12.4 Å². The van der Waals surface area contributed by atoms with Crippen LogP contribution in [0, 0.1) is 12.3 Å². The van der Waals surface area contributed by atoms with Crippen molar-refractivity contribution in [1.82, 2.24) is 14.7 Å². The Morgan fingerprint density at radius 3 is 2.44 bits per heavy atom. The van der Waals surface area contributed by atoms with Crippen molar-refractivity contribution in [1.29, 1.82) is 0 Å². The number of aryl methyl sites for hydroxylation is 1. The molecule has 1 aromatic heterocycles. The van der Waals surface area contributed by atoms with Crippen molar-refractivity contribution in [2.45, 2.75) is 53.0 Å². The number of aromatic nitrogens is 2. The highest BCUT2D eigenvalue weighted by molar-refractivity contribution is 5.95. The molecule has 0 saturated carbocycles. The first kappa shape index (κ1) is 21.5. The highest BCUT2D eigenvalue weighted by Crippen LogP contribution is 2.30. The second-order valence-corrected chi connectivity index (χ2v) is 8.46. The molecular formula is C21H31ClN4O. The van der Waals surface area contributed by atoms with Crippen LogP contribution in [0.2, 0.25) is 0 Å². The number of hydrogen-bond acceptors (Lipinski definition) is 3. The first-order valence-electron chi connectivity index (χ1n) is 9.40. The van der Waals surface area contributed by atoms with Crippen molar-refractivity contribution in [2.75, 3.05) is 13.1 Å². The zero-order valence-corrected chi connectivity index (χ0v) is 17.7. The van der Waals surface area contributed by atoms with E-state index in [0.29, 0.717) is 18.7 Å². The summed E-state index contributed by atoms with van der Waals surface area (Å²) >= 11 is 0. The molecule has 0 radical (unpaired) electrons. The molecule has 1 aliphatic heterocycles. The monoisotopic (exact) mass is 390 g/mol. The second kappa shape index (κ2) is 8.03. The zero-order chi connectivity index (χ0) is 19.1. The van der Waals surface area contributed by atoms with Gasteiger partial charge in [-0.25, -0.2) is 4.68 Å². The fourth-order valence-electron chi connectivity index (χ4n) is 3.69. The van der Waals surface area contributed by atoms with Crippen molar-refractivity contribution in [3.05, 3.63) is 47.3 Å². The van der Waals surface area contributed by atoms with Crippen molar-refractivity contribution in [3.8, 4) is 5.69 Å². The number of likely N-dealkylation sites (tertiary alicyclic amines) is 1. The molecule has 6 heteroatoms. The number of rotatable bonds is 3. The van der Waals surface area contributed by atoms with Crippen LogP contribution in [0.25, 0.3) is 5.69 Å². The molecule has 2 aromatic rings. The minimum Gasteiger partial charge on any atom is -0.338 e. The summed E-state index contributed by atoms with van der Waals surface area (Å²) in [5.41, 5.74) is 10.0. The van der Waals surface area contributed by atoms with Gasteiger partial charge in [0.25, 0.3) is 5.91 Å². The van der Waals surface area contributed by atoms with Crippen LogP contribution in [0.1, 0.15) is 61.6 Å². The van der Waals surface area contributed by atoms with Gasteiger partial charge < -0.3 is 10.6 Å². The Morgan fingerprint density at radius 1 is 1.26 bits per heavy atom. The zero-order valence-electron chi connectivity index (χ0n) is 16.9. The minimum absolute atomic E-state index is 0. The maximum atomic E-state index is 13.2. The van der Waals surface area contributed by atoms with E-state index >= 15 is 0 Å². The fourth-order valence-corrected chi connectivity index (χ4v) is 3.69. The van der Waals surface area contributed by atoms with Crippen LogP contribution in [-0.4, -0.2) is 39.7 Å². The highest BCUT2D eigenvalue weighted by atomic mass is 35.5. The van der Waals surface area contributed by atoms with Gasteiger partial charge in [-0.3, -0.25) is 4.79 Å². The van der Waals surface area contributed by atoms with Gasteiger partial charge in [-0.15, -0.1) is 12.4 Å². The molecule has 0 aliphatic carbocycles. The van der Waals surface area contributed by atoms with Crippen LogP contribution in [-0.2, 0) is 0 Å². The van der Waals surface area contributed by atoms with E-state index in [0.717, 1.165) is 17.8 Å². The molecule has 27 heavy (non-hydrogen) atoms. The highest BCUT2D eigenvalue weighted by Gasteiger charge is 2.36. The first-order valence-corrected chi connectivity index (χ1v) is 9.40. The number of benzene rings is 1. The maximum absolute atomic E-state index is 13.2. The number of carbonyl (C=O) groups is 1. The minimum atomic E-state index is -0.0706. The topological polar surface area (TPSA) is 64.2 Å². The predicted octanol–water partition coefficient (Wildman–Crippen LogP) is 3.93. The smallest absolute Gasteiger partial charge is 0.257 e.